The standard InChI is InChI=1S/C19H18N2O4/c1-20(12-8-10-13(25-3)11-9-12)18(23)16-14-6-4-5-7-15(14)17(22)21(2)19(16)24/h4-11,24H,1-3H3. The van der Waals surface area contributed by atoms with Gasteiger partial charge in [0, 0.05) is 30.6 Å². The molecule has 0 saturated heterocycles. The second-order valence-electron chi connectivity index (χ2n) is 5.67. The van der Waals surface area contributed by atoms with Crippen LogP contribution in [0, 0.1) is 0 Å². The van der Waals surface area contributed by atoms with Crippen LogP contribution in [-0.4, -0.2) is 29.7 Å². The van der Waals surface area contributed by atoms with E-state index in [0.29, 0.717) is 22.2 Å². The SMILES string of the molecule is COc1ccc(N(C)C(=O)c2c(O)n(C)c(=O)c3ccccc23)cc1. The van der Waals surface area contributed by atoms with Crippen molar-refractivity contribution in [1.82, 2.24) is 4.57 Å². The zero-order valence-corrected chi connectivity index (χ0v) is 14.2. The molecule has 1 heterocycles. The third-order valence-corrected chi connectivity index (χ3v) is 4.25. The van der Waals surface area contributed by atoms with Gasteiger partial charge in [0.1, 0.15) is 11.3 Å². The summed E-state index contributed by atoms with van der Waals surface area (Å²) in [6, 6.07) is 13.7. The maximum Gasteiger partial charge on any atom is 0.264 e. The average Bonchev–Trinajstić information content (AvgIpc) is 2.65. The monoisotopic (exact) mass is 338 g/mol. The zero-order valence-electron chi connectivity index (χ0n) is 14.2. The second kappa shape index (κ2) is 6.32. The molecule has 0 aliphatic heterocycles. The van der Waals surface area contributed by atoms with Gasteiger partial charge in [-0.05, 0) is 30.3 Å². The maximum absolute atomic E-state index is 13.0. The smallest absolute Gasteiger partial charge is 0.264 e. The molecule has 1 N–H and O–H groups in total. The van der Waals surface area contributed by atoms with E-state index < -0.39 is 5.91 Å². The predicted octanol–water partition coefficient (Wildman–Crippen LogP) is 2.53. The first-order valence-electron chi connectivity index (χ1n) is 7.68. The quantitative estimate of drug-likeness (QED) is 0.796. The Balaban J connectivity index is 2.15. The lowest BCUT2D eigenvalue weighted by Gasteiger charge is -2.20. The number of benzene rings is 2. The summed E-state index contributed by atoms with van der Waals surface area (Å²) in [6.07, 6.45) is 0. The molecule has 0 fully saturated rings. The summed E-state index contributed by atoms with van der Waals surface area (Å²) in [7, 11) is 4.62. The summed E-state index contributed by atoms with van der Waals surface area (Å²) in [6.45, 7) is 0. The van der Waals surface area contributed by atoms with Crippen molar-refractivity contribution in [2.45, 2.75) is 0 Å². The molecule has 0 atom stereocenters. The van der Waals surface area contributed by atoms with Crippen molar-refractivity contribution in [1.29, 1.82) is 0 Å². The first-order chi connectivity index (χ1) is 12.0. The van der Waals surface area contributed by atoms with Gasteiger partial charge in [0.25, 0.3) is 11.5 Å². The zero-order chi connectivity index (χ0) is 18.1. The normalized spacial score (nSPS) is 10.7. The number of fused-ring (bicyclic) bond motifs is 1. The summed E-state index contributed by atoms with van der Waals surface area (Å²) in [5.74, 6) is -0.0801. The molecular formula is C19H18N2O4. The van der Waals surface area contributed by atoms with Crippen molar-refractivity contribution < 1.29 is 14.6 Å². The van der Waals surface area contributed by atoms with Crippen LogP contribution in [0.25, 0.3) is 10.8 Å². The number of methoxy groups -OCH3 is 1. The van der Waals surface area contributed by atoms with Crippen LogP contribution in [0.15, 0.2) is 53.3 Å². The van der Waals surface area contributed by atoms with Crippen LogP contribution in [0.1, 0.15) is 10.4 Å². The number of ether oxygens (including phenoxy) is 1. The van der Waals surface area contributed by atoms with Gasteiger partial charge >= 0.3 is 0 Å². The lowest BCUT2D eigenvalue weighted by atomic mass is 10.1. The van der Waals surface area contributed by atoms with Crippen LogP contribution in [0.2, 0.25) is 0 Å². The number of pyridine rings is 1. The molecule has 25 heavy (non-hydrogen) atoms. The largest absolute Gasteiger partial charge is 0.497 e. The van der Waals surface area contributed by atoms with Crippen LogP contribution < -0.4 is 15.2 Å². The molecule has 0 radical (unpaired) electrons. The molecule has 0 aliphatic rings. The van der Waals surface area contributed by atoms with Gasteiger partial charge in [-0.2, -0.15) is 0 Å². The molecule has 0 spiro atoms. The van der Waals surface area contributed by atoms with E-state index in [4.69, 9.17) is 4.74 Å². The van der Waals surface area contributed by atoms with Crippen LogP contribution >= 0.6 is 0 Å². The summed E-state index contributed by atoms with van der Waals surface area (Å²) < 4.78 is 6.20. The van der Waals surface area contributed by atoms with Gasteiger partial charge in [0.05, 0.1) is 7.11 Å². The van der Waals surface area contributed by atoms with Gasteiger partial charge in [0.2, 0.25) is 5.88 Å². The van der Waals surface area contributed by atoms with E-state index in [-0.39, 0.29) is 17.0 Å². The number of hydrogen-bond donors (Lipinski definition) is 1. The highest BCUT2D eigenvalue weighted by molar-refractivity contribution is 6.15. The van der Waals surface area contributed by atoms with Crippen LogP contribution in [0.3, 0.4) is 0 Å². The molecular weight excluding hydrogens is 320 g/mol. The molecule has 128 valence electrons. The van der Waals surface area contributed by atoms with Crippen molar-refractivity contribution in [3.8, 4) is 11.6 Å². The Hall–Kier alpha value is -3.28. The minimum absolute atomic E-state index is 0.0935. The van der Waals surface area contributed by atoms with E-state index in [1.54, 1.807) is 62.7 Å². The first kappa shape index (κ1) is 16.6. The summed E-state index contributed by atoms with van der Waals surface area (Å²) in [5, 5.41) is 11.2. The van der Waals surface area contributed by atoms with Gasteiger partial charge in [-0.25, -0.2) is 0 Å². The number of anilines is 1. The highest BCUT2D eigenvalue weighted by Gasteiger charge is 2.23. The highest BCUT2D eigenvalue weighted by Crippen LogP contribution is 2.27. The Kier molecular flexibility index (Phi) is 4.19. The van der Waals surface area contributed by atoms with E-state index in [1.807, 2.05) is 0 Å². The van der Waals surface area contributed by atoms with Crippen molar-refractivity contribution in [3.05, 3.63) is 64.4 Å². The number of amides is 1. The second-order valence-corrected chi connectivity index (χ2v) is 5.67. The van der Waals surface area contributed by atoms with Gasteiger partial charge in [-0.15, -0.1) is 0 Å². The molecule has 1 aromatic heterocycles. The van der Waals surface area contributed by atoms with Crippen LogP contribution in [0.5, 0.6) is 11.6 Å². The number of hydrogen-bond acceptors (Lipinski definition) is 4. The van der Waals surface area contributed by atoms with E-state index >= 15 is 0 Å². The molecule has 6 heteroatoms. The molecule has 1 amide bonds. The lowest BCUT2D eigenvalue weighted by molar-refractivity contribution is 0.0990. The number of carbonyl (C=O) groups is 1. The van der Waals surface area contributed by atoms with E-state index in [2.05, 4.69) is 0 Å². The highest BCUT2D eigenvalue weighted by atomic mass is 16.5. The number of aromatic hydroxyl groups is 1. The lowest BCUT2D eigenvalue weighted by Crippen LogP contribution is -2.29. The van der Waals surface area contributed by atoms with E-state index in [1.165, 1.54) is 11.9 Å². The van der Waals surface area contributed by atoms with Crippen molar-refractivity contribution in [2.24, 2.45) is 7.05 Å². The number of rotatable bonds is 3. The molecule has 0 bridgehead atoms. The topological polar surface area (TPSA) is 71.8 Å². The Bertz CT molecular complexity index is 1010. The predicted molar refractivity (Wildman–Crippen MR) is 96.6 cm³/mol. The summed E-state index contributed by atoms with van der Waals surface area (Å²) >= 11 is 0. The molecule has 3 rings (SSSR count). The maximum atomic E-state index is 13.0. The number of aromatic nitrogens is 1. The van der Waals surface area contributed by atoms with Gasteiger partial charge < -0.3 is 14.7 Å². The van der Waals surface area contributed by atoms with Crippen molar-refractivity contribution in [2.75, 3.05) is 19.1 Å². The number of nitrogens with zero attached hydrogens (tertiary/aromatic N) is 2. The average molecular weight is 338 g/mol. The Labute approximate surface area is 144 Å². The van der Waals surface area contributed by atoms with Gasteiger partial charge in [-0.3, -0.25) is 14.2 Å². The Morgan fingerprint density at radius 3 is 2.28 bits per heavy atom. The van der Waals surface area contributed by atoms with E-state index in [0.717, 1.165) is 4.57 Å². The fourth-order valence-corrected chi connectivity index (χ4v) is 2.75. The van der Waals surface area contributed by atoms with Crippen molar-refractivity contribution in [3.63, 3.8) is 0 Å². The Morgan fingerprint density at radius 2 is 1.68 bits per heavy atom. The Morgan fingerprint density at radius 1 is 1.08 bits per heavy atom. The van der Waals surface area contributed by atoms with Crippen LogP contribution in [0.4, 0.5) is 5.69 Å². The van der Waals surface area contributed by atoms with E-state index in [9.17, 15) is 14.7 Å². The molecule has 6 nitrogen and oxygen atoms in total. The molecule has 3 aromatic rings. The fourth-order valence-electron chi connectivity index (χ4n) is 2.75. The fraction of sp³-hybridized carbons (Fsp3) is 0.158. The van der Waals surface area contributed by atoms with Crippen LogP contribution in [-0.2, 0) is 7.05 Å². The summed E-state index contributed by atoms with van der Waals surface area (Å²) in [4.78, 5) is 26.7. The third kappa shape index (κ3) is 2.71. The van der Waals surface area contributed by atoms with Gasteiger partial charge in [-0.1, -0.05) is 18.2 Å². The molecule has 0 unspecified atom stereocenters. The molecule has 0 saturated carbocycles. The first-order valence-corrected chi connectivity index (χ1v) is 7.68. The number of carbonyl (C=O) groups excluding carboxylic acids is 1. The third-order valence-electron chi connectivity index (χ3n) is 4.25. The minimum atomic E-state index is -0.408. The minimum Gasteiger partial charge on any atom is -0.497 e. The van der Waals surface area contributed by atoms with Gasteiger partial charge in [0.15, 0.2) is 0 Å². The van der Waals surface area contributed by atoms with Crippen molar-refractivity contribution >= 4 is 22.4 Å². The molecule has 2 aromatic carbocycles. The molecule has 0 aliphatic carbocycles. The summed E-state index contributed by atoms with van der Waals surface area (Å²) in [5.41, 5.74) is 0.385.